The van der Waals surface area contributed by atoms with Gasteiger partial charge >= 0.3 is 0 Å². The van der Waals surface area contributed by atoms with Gasteiger partial charge in [0, 0.05) is 5.92 Å². The van der Waals surface area contributed by atoms with E-state index in [4.69, 9.17) is 5.73 Å². The van der Waals surface area contributed by atoms with Crippen LogP contribution in [0.4, 0.5) is 0 Å². The molecule has 1 aliphatic carbocycles. The molecule has 1 saturated carbocycles. The first-order valence-electron chi connectivity index (χ1n) is 4.42. The first-order valence-corrected chi connectivity index (χ1v) is 4.42. The number of nitrogens with two attached hydrogens (primary N) is 1. The highest BCUT2D eigenvalue weighted by molar-refractivity contribution is 5.77. The molecule has 64 valence electrons. The lowest BCUT2D eigenvalue weighted by Gasteiger charge is -2.19. The minimum Gasteiger partial charge on any atom is -0.369 e. The van der Waals surface area contributed by atoms with Crippen molar-refractivity contribution in [3.63, 3.8) is 0 Å². The van der Waals surface area contributed by atoms with Crippen molar-refractivity contribution in [2.75, 3.05) is 0 Å². The lowest BCUT2D eigenvalue weighted by atomic mass is 9.86. The fourth-order valence-electron chi connectivity index (χ4n) is 1.86. The Morgan fingerprint density at radius 1 is 1.64 bits per heavy atom. The zero-order valence-electron chi connectivity index (χ0n) is 7.39. The van der Waals surface area contributed by atoms with E-state index in [2.05, 4.69) is 6.92 Å². The second-order valence-electron chi connectivity index (χ2n) is 3.74. The lowest BCUT2D eigenvalue weighted by molar-refractivity contribution is -0.123. The van der Waals surface area contributed by atoms with Crippen molar-refractivity contribution in [1.29, 1.82) is 0 Å². The number of amides is 1. The Kier molecular flexibility index (Phi) is 2.21. The lowest BCUT2D eigenvalue weighted by Crippen LogP contribution is -2.28. The third kappa shape index (κ3) is 1.55. The average Bonchev–Trinajstić information content (AvgIpc) is 2.69. The SMILES string of the molecule is CCCC1(C(C)C(N)=O)CC1. The molecule has 0 saturated heterocycles. The monoisotopic (exact) mass is 155 g/mol. The van der Waals surface area contributed by atoms with Crippen molar-refractivity contribution in [3.8, 4) is 0 Å². The van der Waals surface area contributed by atoms with Gasteiger partial charge in [0.15, 0.2) is 0 Å². The number of carbonyl (C=O) groups excluding carboxylic acids is 1. The zero-order valence-corrected chi connectivity index (χ0v) is 7.39. The molecule has 1 atom stereocenters. The Labute approximate surface area is 68.2 Å². The van der Waals surface area contributed by atoms with Gasteiger partial charge in [0.2, 0.25) is 5.91 Å². The van der Waals surface area contributed by atoms with E-state index >= 15 is 0 Å². The number of primary amides is 1. The Bertz CT molecular complexity index is 161. The van der Waals surface area contributed by atoms with Crippen LogP contribution in [0.25, 0.3) is 0 Å². The maximum atomic E-state index is 10.9. The van der Waals surface area contributed by atoms with Crippen LogP contribution in [-0.2, 0) is 4.79 Å². The fraction of sp³-hybridized carbons (Fsp3) is 0.889. The molecule has 0 radical (unpaired) electrons. The number of hydrogen-bond donors (Lipinski definition) is 1. The molecule has 0 spiro atoms. The molecule has 0 bridgehead atoms. The first-order chi connectivity index (χ1) is 5.12. The van der Waals surface area contributed by atoms with Crippen LogP contribution in [0.15, 0.2) is 0 Å². The molecule has 0 heterocycles. The van der Waals surface area contributed by atoms with Crippen molar-refractivity contribution in [3.05, 3.63) is 0 Å². The van der Waals surface area contributed by atoms with E-state index in [1.807, 2.05) is 6.92 Å². The van der Waals surface area contributed by atoms with E-state index in [1.54, 1.807) is 0 Å². The topological polar surface area (TPSA) is 43.1 Å². The van der Waals surface area contributed by atoms with Crippen LogP contribution in [0.1, 0.15) is 39.5 Å². The Balaban J connectivity index is 2.50. The van der Waals surface area contributed by atoms with Gasteiger partial charge in [0.25, 0.3) is 0 Å². The highest BCUT2D eigenvalue weighted by atomic mass is 16.1. The van der Waals surface area contributed by atoms with E-state index in [9.17, 15) is 4.79 Å². The van der Waals surface area contributed by atoms with Crippen molar-refractivity contribution in [1.82, 2.24) is 0 Å². The van der Waals surface area contributed by atoms with Crippen molar-refractivity contribution >= 4 is 5.91 Å². The molecule has 2 N–H and O–H groups in total. The van der Waals surface area contributed by atoms with Gasteiger partial charge in [-0.1, -0.05) is 20.3 Å². The highest BCUT2D eigenvalue weighted by Crippen LogP contribution is 2.55. The summed E-state index contributed by atoms with van der Waals surface area (Å²) in [7, 11) is 0. The van der Waals surface area contributed by atoms with Gasteiger partial charge < -0.3 is 5.73 Å². The molecule has 0 aromatic heterocycles. The quantitative estimate of drug-likeness (QED) is 0.659. The minimum atomic E-state index is -0.129. The van der Waals surface area contributed by atoms with Crippen molar-refractivity contribution < 1.29 is 4.79 Å². The van der Waals surface area contributed by atoms with Crippen LogP contribution in [0.3, 0.4) is 0 Å². The van der Waals surface area contributed by atoms with E-state index in [0.29, 0.717) is 5.41 Å². The van der Waals surface area contributed by atoms with Gasteiger partial charge in [-0.25, -0.2) is 0 Å². The van der Waals surface area contributed by atoms with Gasteiger partial charge in [-0.15, -0.1) is 0 Å². The Morgan fingerprint density at radius 3 is 2.45 bits per heavy atom. The van der Waals surface area contributed by atoms with Gasteiger partial charge in [-0.05, 0) is 24.7 Å². The fourth-order valence-corrected chi connectivity index (χ4v) is 1.86. The molecule has 2 heteroatoms. The molecular formula is C9H17NO. The van der Waals surface area contributed by atoms with Gasteiger partial charge in [-0.3, -0.25) is 4.79 Å². The van der Waals surface area contributed by atoms with Crippen molar-refractivity contribution in [2.45, 2.75) is 39.5 Å². The molecule has 1 amide bonds. The second-order valence-corrected chi connectivity index (χ2v) is 3.74. The summed E-state index contributed by atoms with van der Waals surface area (Å²) < 4.78 is 0. The summed E-state index contributed by atoms with van der Waals surface area (Å²) in [6, 6.07) is 0. The van der Waals surface area contributed by atoms with E-state index in [1.165, 1.54) is 12.8 Å². The molecule has 1 fully saturated rings. The third-order valence-corrected chi connectivity index (χ3v) is 2.99. The average molecular weight is 155 g/mol. The summed E-state index contributed by atoms with van der Waals surface area (Å²) in [6.07, 6.45) is 4.73. The van der Waals surface area contributed by atoms with Crippen LogP contribution in [-0.4, -0.2) is 5.91 Å². The van der Waals surface area contributed by atoms with Crippen LogP contribution < -0.4 is 5.73 Å². The molecule has 2 nitrogen and oxygen atoms in total. The second kappa shape index (κ2) is 2.84. The molecule has 11 heavy (non-hydrogen) atoms. The molecular weight excluding hydrogens is 138 g/mol. The molecule has 0 aromatic rings. The molecule has 0 aliphatic heterocycles. The standard InChI is InChI=1S/C9H17NO/c1-3-4-9(5-6-9)7(2)8(10)11/h7H,3-6H2,1-2H3,(H2,10,11). The predicted molar refractivity (Wildman–Crippen MR) is 44.9 cm³/mol. The summed E-state index contributed by atoms with van der Waals surface area (Å²) in [4.78, 5) is 10.9. The van der Waals surface area contributed by atoms with Gasteiger partial charge in [0.1, 0.15) is 0 Å². The van der Waals surface area contributed by atoms with Crippen LogP contribution in [0, 0.1) is 11.3 Å². The molecule has 0 aromatic carbocycles. The number of hydrogen-bond acceptors (Lipinski definition) is 1. The maximum Gasteiger partial charge on any atom is 0.220 e. The number of carbonyl (C=O) groups is 1. The molecule has 1 rings (SSSR count). The Hall–Kier alpha value is -0.530. The van der Waals surface area contributed by atoms with Gasteiger partial charge in [-0.2, -0.15) is 0 Å². The molecule has 1 aliphatic rings. The minimum absolute atomic E-state index is 0.0856. The van der Waals surface area contributed by atoms with E-state index < -0.39 is 0 Å². The highest BCUT2D eigenvalue weighted by Gasteiger charge is 2.48. The first kappa shape index (κ1) is 8.57. The summed E-state index contributed by atoms with van der Waals surface area (Å²) in [5.41, 5.74) is 5.56. The van der Waals surface area contributed by atoms with E-state index in [-0.39, 0.29) is 11.8 Å². The largest absolute Gasteiger partial charge is 0.369 e. The summed E-state index contributed by atoms with van der Waals surface area (Å²) in [5.74, 6) is -0.0431. The smallest absolute Gasteiger partial charge is 0.220 e. The zero-order chi connectivity index (χ0) is 8.48. The van der Waals surface area contributed by atoms with Crippen molar-refractivity contribution in [2.24, 2.45) is 17.1 Å². The predicted octanol–water partition coefficient (Wildman–Crippen LogP) is 1.69. The summed E-state index contributed by atoms with van der Waals surface area (Å²) in [5, 5.41) is 0. The van der Waals surface area contributed by atoms with E-state index in [0.717, 1.165) is 12.8 Å². The third-order valence-electron chi connectivity index (χ3n) is 2.99. The summed E-state index contributed by atoms with van der Waals surface area (Å²) in [6.45, 7) is 4.12. The van der Waals surface area contributed by atoms with Crippen LogP contribution in [0.5, 0.6) is 0 Å². The van der Waals surface area contributed by atoms with Gasteiger partial charge in [0.05, 0.1) is 0 Å². The number of rotatable bonds is 4. The maximum absolute atomic E-state index is 10.9. The Morgan fingerprint density at radius 2 is 2.18 bits per heavy atom. The summed E-state index contributed by atoms with van der Waals surface area (Å²) >= 11 is 0. The molecule has 1 unspecified atom stereocenters. The van der Waals surface area contributed by atoms with Crippen LogP contribution >= 0.6 is 0 Å². The normalized spacial score (nSPS) is 22.7. The van der Waals surface area contributed by atoms with Crippen LogP contribution in [0.2, 0.25) is 0 Å².